The molecule has 0 heterocycles. The van der Waals surface area contributed by atoms with E-state index >= 15 is 0 Å². The Morgan fingerprint density at radius 2 is 0.532 bits per heavy atom. The summed E-state index contributed by atoms with van der Waals surface area (Å²) in [6.45, 7) is 6.33. The maximum Gasteiger partial charge on any atom is 0.306 e. The summed E-state index contributed by atoms with van der Waals surface area (Å²) in [5.41, 5.74) is 0. The van der Waals surface area contributed by atoms with E-state index in [1.165, 1.54) is 96.3 Å². The zero-order valence-corrected chi connectivity index (χ0v) is 49.7. The molecule has 0 radical (unpaired) electrons. The van der Waals surface area contributed by atoms with Crippen LogP contribution < -0.4 is 0 Å². The number of rotatable bonds is 55. The number of carbonyl (C=O) groups excluding carboxylic acids is 3. The van der Waals surface area contributed by atoms with Crippen LogP contribution in [0.25, 0.3) is 0 Å². The first kappa shape index (κ1) is 72.3. The molecule has 1 atom stereocenters. The Labute approximate surface area is 474 Å². The molecule has 0 amide bonds. The number of allylic oxidation sites excluding steroid dienone is 24. The van der Waals surface area contributed by atoms with E-state index in [0.29, 0.717) is 19.3 Å². The predicted molar refractivity (Wildman–Crippen MR) is 334 cm³/mol. The van der Waals surface area contributed by atoms with Crippen molar-refractivity contribution in [1.82, 2.24) is 0 Å². The molecule has 0 aromatic carbocycles. The largest absolute Gasteiger partial charge is 0.462 e. The molecule has 0 saturated carbocycles. The number of hydrogen-bond acceptors (Lipinski definition) is 6. The van der Waals surface area contributed by atoms with Crippen molar-refractivity contribution in [2.24, 2.45) is 0 Å². The van der Waals surface area contributed by atoms with Crippen molar-refractivity contribution >= 4 is 17.9 Å². The lowest BCUT2D eigenvalue weighted by Gasteiger charge is -2.18. The number of hydrogen-bond donors (Lipinski definition) is 0. The Bertz CT molecular complexity index is 1700. The molecule has 0 saturated heterocycles. The van der Waals surface area contributed by atoms with E-state index in [1.54, 1.807) is 0 Å². The summed E-state index contributed by atoms with van der Waals surface area (Å²) in [7, 11) is 0. The summed E-state index contributed by atoms with van der Waals surface area (Å²) >= 11 is 0. The highest BCUT2D eigenvalue weighted by atomic mass is 16.6. The second kappa shape index (κ2) is 63.8. The molecule has 0 bridgehead atoms. The van der Waals surface area contributed by atoms with Crippen LogP contribution in [0.15, 0.2) is 146 Å². The van der Waals surface area contributed by atoms with Gasteiger partial charge in [-0.3, -0.25) is 14.4 Å². The Hall–Kier alpha value is -4.71. The van der Waals surface area contributed by atoms with E-state index in [-0.39, 0.29) is 31.6 Å². The summed E-state index contributed by atoms with van der Waals surface area (Å²) < 4.78 is 16.8. The minimum absolute atomic E-state index is 0.120. The monoisotopic (exact) mass is 1060 g/mol. The minimum Gasteiger partial charge on any atom is -0.462 e. The third kappa shape index (κ3) is 62.0. The molecule has 6 heteroatoms. The van der Waals surface area contributed by atoms with Gasteiger partial charge in [0.15, 0.2) is 6.10 Å². The molecular weight excluding hydrogens is 949 g/mol. The van der Waals surface area contributed by atoms with Crippen molar-refractivity contribution in [3.05, 3.63) is 146 Å². The van der Waals surface area contributed by atoms with Crippen LogP contribution in [0.2, 0.25) is 0 Å². The first-order valence-corrected chi connectivity index (χ1v) is 31.3. The Morgan fingerprint density at radius 3 is 0.844 bits per heavy atom. The summed E-state index contributed by atoms with van der Waals surface area (Å²) in [4.78, 5) is 38.3. The summed E-state index contributed by atoms with van der Waals surface area (Å²) in [5, 5.41) is 0. The Kier molecular flexibility index (Phi) is 59.9. The van der Waals surface area contributed by atoms with Gasteiger partial charge in [0.25, 0.3) is 0 Å². The highest BCUT2D eigenvalue weighted by Crippen LogP contribution is 2.14. The highest BCUT2D eigenvalue weighted by molar-refractivity contribution is 5.71. The molecule has 0 aliphatic carbocycles. The van der Waals surface area contributed by atoms with Gasteiger partial charge in [0.05, 0.1) is 0 Å². The van der Waals surface area contributed by atoms with Crippen molar-refractivity contribution in [1.29, 1.82) is 0 Å². The SMILES string of the molecule is CC/C=C\C/C=C\C/C=C\C/C=C\C/C=C\C/C=C\CCC(=O)OC(COC(=O)CCCCCCCC/C=C\C/C=C\C/C=C\C/C=C\CC)COC(=O)CCCCCCCCCCC/C=C\C/C=C\CCCCCCC. The standard InChI is InChI=1S/C71H114O6/c1-4-7-10-13-16-19-22-25-28-31-34-35-38-40-43-46-49-52-55-58-61-64-70(73)76-67-68(77-71(74)65-62-59-56-53-50-47-44-41-37-33-30-27-24-21-18-15-12-9-6-3)66-75-69(72)63-60-57-54-51-48-45-42-39-36-32-29-26-23-20-17-14-11-8-5-2/h8-9,11-12,17-18,20-22,25-27,29-31,34,36-37,39,41,47,50,56,59,68H,4-7,10,13-16,19,23-24,28,32-33,35,38,40,42-46,48-49,51-55,57-58,60-67H2,1-3H3/b11-8-,12-9-,20-17-,21-18-,25-22-,29-26-,30-27-,34-31-,39-36-,41-37-,50-47-,59-56-. The van der Waals surface area contributed by atoms with Gasteiger partial charge in [0.1, 0.15) is 13.2 Å². The normalized spacial score (nSPS) is 13.1. The third-order valence-electron chi connectivity index (χ3n) is 12.8. The molecule has 0 spiro atoms. The van der Waals surface area contributed by atoms with Gasteiger partial charge in [0.2, 0.25) is 0 Å². The lowest BCUT2D eigenvalue weighted by molar-refractivity contribution is -0.166. The van der Waals surface area contributed by atoms with Gasteiger partial charge in [-0.25, -0.2) is 0 Å². The van der Waals surface area contributed by atoms with Gasteiger partial charge in [-0.1, -0.05) is 263 Å². The summed E-state index contributed by atoms with van der Waals surface area (Å²) in [6, 6.07) is 0. The minimum atomic E-state index is -0.834. The second-order valence-electron chi connectivity index (χ2n) is 20.2. The average molecular weight is 1060 g/mol. The molecule has 0 rings (SSSR count). The van der Waals surface area contributed by atoms with Gasteiger partial charge in [-0.05, 0) is 128 Å². The van der Waals surface area contributed by atoms with Crippen molar-refractivity contribution in [3.63, 3.8) is 0 Å². The molecule has 434 valence electrons. The predicted octanol–water partition coefficient (Wildman–Crippen LogP) is 21.5. The van der Waals surface area contributed by atoms with E-state index in [9.17, 15) is 14.4 Å². The average Bonchev–Trinajstić information content (AvgIpc) is 3.43. The first-order chi connectivity index (χ1) is 38.0. The Balaban J connectivity index is 4.54. The van der Waals surface area contributed by atoms with Gasteiger partial charge < -0.3 is 14.2 Å². The van der Waals surface area contributed by atoms with Gasteiger partial charge >= 0.3 is 17.9 Å². The molecule has 0 aromatic rings. The summed E-state index contributed by atoms with van der Waals surface area (Å²) in [6.07, 6.45) is 91.4. The lowest BCUT2D eigenvalue weighted by atomic mass is 10.1. The second-order valence-corrected chi connectivity index (χ2v) is 20.2. The molecular formula is C71H114O6. The van der Waals surface area contributed by atoms with E-state index in [1.807, 2.05) is 12.2 Å². The van der Waals surface area contributed by atoms with E-state index in [4.69, 9.17) is 14.2 Å². The van der Waals surface area contributed by atoms with Gasteiger partial charge in [-0.15, -0.1) is 0 Å². The maximum atomic E-state index is 12.9. The number of unbranched alkanes of at least 4 members (excludes halogenated alkanes) is 20. The molecule has 0 aliphatic heterocycles. The van der Waals surface area contributed by atoms with Crippen LogP contribution >= 0.6 is 0 Å². The topological polar surface area (TPSA) is 78.9 Å². The zero-order chi connectivity index (χ0) is 55.7. The lowest BCUT2D eigenvalue weighted by Crippen LogP contribution is -2.30. The molecule has 0 aromatic heterocycles. The van der Waals surface area contributed by atoms with Crippen molar-refractivity contribution < 1.29 is 28.6 Å². The van der Waals surface area contributed by atoms with Crippen LogP contribution in [0.5, 0.6) is 0 Å². The molecule has 0 fully saturated rings. The first-order valence-electron chi connectivity index (χ1n) is 31.3. The van der Waals surface area contributed by atoms with Crippen LogP contribution in [0, 0.1) is 0 Å². The van der Waals surface area contributed by atoms with Gasteiger partial charge in [0, 0.05) is 19.3 Å². The molecule has 6 nitrogen and oxygen atoms in total. The number of ether oxygens (including phenoxy) is 3. The number of carbonyl (C=O) groups is 3. The van der Waals surface area contributed by atoms with Crippen LogP contribution in [0.1, 0.15) is 265 Å². The fraction of sp³-hybridized carbons (Fsp3) is 0.620. The van der Waals surface area contributed by atoms with Crippen LogP contribution in [-0.2, 0) is 28.6 Å². The fourth-order valence-electron chi connectivity index (χ4n) is 8.20. The molecule has 0 N–H and O–H groups in total. The molecule has 1 unspecified atom stereocenters. The van der Waals surface area contributed by atoms with Crippen molar-refractivity contribution in [2.45, 2.75) is 271 Å². The highest BCUT2D eigenvalue weighted by Gasteiger charge is 2.19. The smallest absolute Gasteiger partial charge is 0.306 e. The van der Waals surface area contributed by atoms with E-state index in [0.717, 1.165) is 122 Å². The third-order valence-corrected chi connectivity index (χ3v) is 12.8. The van der Waals surface area contributed by atoms with Gasteiger partial charge in [-0.2, -0.15) is 0 Å². The zero-order valence-electron chi connectivity index (χ0n) is 49.7. The fourth-order valence-corrected chi connectivity index (χ4v) is 8.20. The molecule has 0 aliphatic rings. The summed E-state index contributed by atoms with van der Waals surface area (Å²) in [5.74, 6) is -1.02. The van der Waals surface area contributed by atoms with E-state index in [2.05, 4.69) is 154 Å². The maximum absolute atomic E-state index is 12.9. The van der Waals surface area contributed by atoms with Crippen LogP contribution in [0.4, 0.5) is 0 Å². The quantitative estimate of drug-likeness (QED) is 0.0261. The van der Waals surface area contributed by atoms with Crippen molar-refractivity contribution in [3.8, 4) is 0 Å². The van der Waals surface area contributed by atoms with E-state index < -0.39 is 12.1 Å². The molecule has 77 heavy (non-hydrogen) atoms. The van der Waals surface area contributed by atoms with Crippen LogP contribution in [-0.4, -0.2) is 37.2 Å². The Morgan fingerprint density at radius 1 is 0.273 bits per heavy atom. The number of esters is 3. The van der Waals surface area contributed by atoms with Crippen molar-refractivity contribution in [2.75, 3.05) is 13.2 Å². The van der Waals surface area contributed by atoms with Crippen LogP contribution in [0.3, 0.4) is 0 Å².